The van der Waals surface area contributed by atoms with E-state index in [1.807, 2.05) is 0 Å². The zero-order valence-corrected chi connectivity index (χ0v) is 12.8. The van der Waals surface area contributed by atoms with Gasteiger partial charge in [0.05, 0.1) is 0 Å². The molecule has 1 aromatic rings. The third kappa shape index (κ3) is 3.01. The van der Waals surface area contributed by atoms with E-state index in [0.29, 0.717) is 6.10 Å². The van der Waals surface area contributed by atoms with E-state index in [9.17, 15) is 0 Å². The summed E-state index contributed by atoms with van der Waals surface area (Å²) < 4.78 is 6.17. The molecule has 0 radical (unpaired) electrons. The van der Waals surface area contributed by atoms with Crippen LogP contribution in [0.1, 0.15) is 43.2 Å². The molecule has 1 fully saturated rings. The maximum Gasteiger partial charge on any atom is 0.123 e. The minimum absolute atomic E-state index is 0.394. The summed E-state index contributed by atoms with van der Waals surface area (Å²) in [5.74, 6) is 2.81. The van der Waals surface area contributed by atoms with Crippen molar-refractivity contribution >= 4 is 0 Å². The Bertz CT molecular complexity index is 451. The molecule has 1 aliphatic heterocycles. The van der Waals surface area contributed by atoms with Gasteiger partial charge in [0.25, 0.3) is 0 Å². The maximum absolute atomic E-state index is 6.17. The van der Waals surface area contributed by atoms with Crippen molar-refractivity contribution in [2.45, 2.75) is 51.6 Å². The lowest BCUT2D eigenvalue weighted by atomic mass is 9.85. The molecular weight excluding hydrogens is 246 g/mol. The van der Waals surface area contributed by atoms with E-state index in [1.54, 1.807) is 0 Å². The van der Waals surface area contributed by atoms with Crippen molar-refractivity contribution in [2.75, 3.05) is 13.6 Å². The van der Waals surface area contributed by atoms with Gasteiger partial charge < -0.3 is 10.1 Å². The Morgan fingerprint density at radius 2 is 2.10 bits per heavy atom. The van der Waals surface area contributed by atoms with Crippen LogP contribution in [0.4, 0.5) is 0 Å². The number of benzene rings is 1. The molecule has 0 saturated heterocycles. The maximum atomic E-state index is 6.17. The molecular formula is C18H27NO. The summed E-state index contributed by atoms with van der Waals surface area (Å²) in [6.45, 7) is 3.30. The molecule has 1 aliphatic carbocycles. The fraction of sp³-hybridized carbons (Fsp3) is 0.667. The van der Waals surface area contributed by atoms with Crippen LogP contribution >= 0.6 is 0 Å². The fourth-order valence-corrected chi connectivity index (χ4v) is 4.05. The predicted octanol–water partition coefficient (Wildman–Crippen LogP) is 3.71. The fourth-order valence-electron chi connectivity index (χ4n) is 4.05. The lowest BCUT2D eigenvalue weighted by Gasteiger charge is -2.25. The van der Waals surface area contributed by atoms with Crippen LogP contribution in [0.25, 0.3) is 0 Å². The van der Waals surface area contributed by atoms with E-state index in [0.717, 1.165) is 30.6 Å². The normalized spacial score (nSPS) is 23.6. The zero-order valence-electron chi connectivity index (χ0n) is 12.8. The summed E-state index contributed by atoms with van der Waals surface area (Å²) in [5.41, 5.74) is 2.75. The van der Waals surface area contributed by atoms with E-state index >= 15 is 0 Å². The van der Waals surface area contributed by atoms with Crippen LogP contribution < -0.4 is 10.1 Å². The third-order valence-corrected chi connectivity index (χ3v) is 5.06. The van der Waals surface area contributed by atoms with Gasteiger partial charge in [0.1, 0.15) is 11.9 Å². The SMILES string of the molecule is CNCC(CC1Cc2cc(C)ccc2O1)C1CCCC1. The first-order valence-corrected chi connectivity index (χ1v) is 8.17. The Kier molecular flexibility index (Phi) is 4.30. The van der Waals surface area contributed by atoms with Crippen molar-refractivity contribution in [2.24, 2.45) is 11.8 Å². The number of hydrogen-bond acceptors (Lipinski definition) is 2. The Labute approximate surface area is 122 Å². The second-order valence-corrected chi connectivity index (χ2v) is 6.65. The van der Waals surface area contributed by atoms with Gasteiger partial charge in [-0.05, 0) is 50.4 Å². The number of fused-ring (bicyclic) bond motifs is 1. The molecule has 20 heavy (non-hydrogen) atoms. The van der Waals surface area contributed by atoms with Crippen LogP contribution in [0, 0.1) is 18.8 Å². The molecule has 110 valence electrons. The van der Waals surface area contributed by atoms with Crippen molar-refractivity contribution in [1.82, 2.24) is 5.32 Å². The molecule has 3 rings (SSSR count). The third-order valence-electron chi connectivity index (χ3n) is 5.06. The quantitative estimate of drug-likeness (QED) is 0.883. The molecule has 2 atom stereocenters. The average molecular weight is 273 g/mol. The standard InChI is InChI=1S/C18H27NO/c1-13-7-8-18-15(9-13)10-17(20-18)11-16(12-19-2)14-5-3-4-6-14/h7-9,14,16-17,19H,3-6,10-12H2,1-2H3. The van der Waals surface area contributed by atoms with Crippen LogP contribution in [0.2, 0.25) is 0 Å². The van der Waals surface area contributed by atoms with Crippen LogP contribution in [0.15, 0.2) is 18.2 Å². The van der Waals surface area contributed by atoms with Gasteiger partial charge >= 0.3 is 0 Å². The molecule has 1 N–H and O–H groups in total. The van der Waals surface area contributed by atoms with Crippen LogP contribution in [-0.4, -0.2) is 19.7 Å². The van der Waals surface area contributed by atoms with Gasteiger partial charge in [-0.3, -0.25) is 0 Å². The Hall–Kier alpha value is -1.02. The van der Waals surface area contributed by atoms with E-state index in [2.05, 4.69) is 37.5 Å². The first kappa shape index (κ1) is 13.9. The highest BCUT2D eigenvalue weighted by Gasteiger charge is 2.30. The molecule has 0 aromatic heterocycles. The molecule has 1 heterocycles. The molecule has 2 nitrogen and oxygen atoms in total. The molecule has 1 saturated carbocycles. The predicted molar refractivity (Wildman–Crippen MR) is 83.3 cm³/mol. The van der Waals surface area contributed by atoms with Gasteiger partial charge in [-0.25, -0.2) is 0 Å². The monoisotopic (exact) mass is 273 g/mol. The smallest absolute Gasteiger partial charge is 0.123 e. The summed E-state index contributed by atoms with van der Waals surface area (Å²) >= 11 is 0. The minimum Gasteiger partial charge on any atom is -0.490 e. The van der Waals surface area contributed by atoms with Crippen molar-refractivity contribution < 1.29 is 4.74 Å². The second-order valence-electron chi connectivity index (χ2n) is 6.65. The van der Waals surface area contributed by atoms with E-state index in [-0.39, 0.29) is 0 Å². The molecule has 0 amide bonds. The average Bonchev–Trinajstić information content (AvgIpc) is 3.06. The van der Waals surface area contributed by atoms with E-state index in [4.69, 9.17) is 4.74 Å². The first-order valence-electron chi connectivity index (χ1n) is 8.17. The molecule has 0 bridgehead atoms. The van der Waals surface area contributed by atoms with Gasteiger partial charge in [-0.2, -0.15) is 0 Å². The Morgan fingerprint density at radius 1 is 1.30 bits per heavy atom. The van der Waals surface area contributed by atoms with Gasteiger partial charge in [0, 0.05) is 6.42 Å². The summed E-state index contributed by atoms with van der Waals surface area (Å²) in [6.07, 6.45) is 8.40. The highest BCUT2D eigenvalue weighted by atomic mass is 16.5. The number of aryl methyl sites for hydroxylation is 1. The molecule has 1 aromatic carbocycles. The van der Waals surface area contributed by atoms with Crippen LogP contribution in [0.5, 0.6) is 5.75 Å². The summed E-state index contributed by atoms with van der Waals surface area (Å²) in [7, 11) is 2.08. The van der Waals surface area contributed by atoms with Crippen molar-refractivity contribution in [3.63, 3.8) is 0 Å². The number of rotatable bonds is 5. The summed E-state index contributed by atoms with van der Waals surface area (Å²) in [4.78, 5) is 0. The van der Waals surface area contributed by atoms with Gasteiger partial charge in [-0.15, -0.1) is 0 Å². The molecule has 0 spiro atoms. The zero-order chi connectivity index (χ0) is 13.9. The van der Waals surface area contributed by atoms with Gasteiger partial charge in [0.2, 0.25) is 0 Å². The minimum atomic E-state index is 0.394. The Morgan fingerprint density at radius 3 is 2.85 bits per heavy atom. The van der Waals surface area contributed by atoms with Crippen molar-refractivity contribution in [3.8, 4) is 5.75 Å². The second kappa shape index (κ2) is 6.17. The van der Waals surface area contributed by atoms with Crippen LogP contribution in [0.3, 0.4) is 0 Å². The highest BCUT2D eigenvalue weighted by Crippen LogP contribution is 2.37. The Balaban J connectivity index is 1.62. The molecule has 2 heteroatoms. The highest BCUT2D eigenvalue weighted by molar-refractivity contribution is 5.40. The lowest BCUT2D eigenvalue weighted by molar-refractivity contribution is 0.166. The van der Waals surface area contributed by atoms with Gasteiger partial charge in [-0.1, -0.05) is 43.4 Å². The number of ether oxygens (including phenoxy) is 1. The molecule has 2 unspecified atom stereocenters. The first-order chi connectivity index (χ1) is 9.76. The largest absolute Gasteiger partial charge is 0.490 e. The topological polar surface area (TPSA) is 21.3 Å². The van der Waals surface area contributed by atoms with Crippen LogP contribution in [-0.2, 0) is 6.42 Å². The van der Waals surface area contributed by atoms with Crippen molar-refractivity contribution in [3.05, 3.63) is 29.3 Å². The number of hydrogen-bond donors (Lipinski definition) is 1. The molecule has 2 aliphatic rings. The number of nitrogens with one attached hydrogen (secondary N) is 1. The van der Waals surface area contributed by atoms with Crippen molar-refractivity contribution in [1.29, 1.82) is 0 Å². The van der Waals surface area contributed by atoms with Gasteiger partial charge in [0.15, 0.2) is 0 Å². The van der Waals surface area contributed by atoms with E-state index in [1.165, 1.54) is 43.2 Å². The summed E-state index contributed by atoms with van der Waals surface area (Å²) in [5, 5.41) is 3.39. The van der Waals surface area contributed by atoms with E-state index < -0.39 is 0 Å². The lowest BCUT2D eigenvalue weighted by Crippen LogP contribution is -2.30. The summed E-state index contributed by atoms with van der Waals surface area (Å²) in [6, 6.07) is 6.59.